The number of hydrogen-bond acceptors (Lipinski definition) is 5. The lowest BCUT2D eigenvalue weighted by Crippen LogP contribution is -2.11. The lowest BCUT2D eigenvalue weighted by atomic mass is 10.0. The van der Waals surface area contributed by atoms with E-state index in [-0.39, 0.29) is 5.91 Å². The summed E-state index contributed by atoms with van der Waals surface area (Å²) in [5.41, 5.74) is 8.33. The van der Waals surface area contributed by atoms with Crippen LogP contribution in [0.5, 0.6) is 0 Å². The van der Waals surface area contributed by atoms with Gasteiger partial charge in [0.1, 0.15) is 0 Å². The van der Waals surface area contributed by atoms with Crippen molar-refractivity contribution >= 4 is 29.0 Å². The molecule has 0 aliphatic rings. The Balaban J connectivity index is 2.72. The Kier molecular flexibility index (Phi) is 3.77. The zero-order chi connectivity index (χ0) is 13.3. The second-order valence-corrected chi connectivity index (χ2v) is 5.93. The average Bonchev–Trinajstić information content (AvgIpc) is 2.91. The number of nitrogens with zero attached hydrogens (tertiary/aromatic N) is 1. The molecule has 2 heterocycles. The van der Waals surface area contributed by atoms with Crippen LogP contribution in [0.1, 0.15) is 27.7 Å². The molecule has 0 saturated heterocycles. The van der Waals surface area contributed by atoms with Crippen LogP contribution >= 0.6 is 23.1 Å². The highest BCUT2D eigenvalue weighted by Gasteiger charge is 2.24. The zero-order valence-electron chi connectivity index (χ0n) is 10.4. The van der Waals surface area contributed by atoms with Crippen LogP contribution < -0.4 is 5.73 Å². The van der Waals surface area contributed by atoms with E-state index in [1.54, 1.807) is 18.0 Å². The Morgan fingerprint density at radius 3 is 2.78 bits per heavy atom. The molecular formula is C12H14N2O2S2. The topological polar surface area (TPSA) is 69.1 Å². The molecule has 2 aromatic rings. The molecule has 0 unspecified atom stereocenters. The van der Waals surface area contributed by atoms with Crippen molar-refractivity contribution in [1.29, 1.82) is 0 Å². The van der Waals surface area contributed by atoms with E-state index in [9.17, 15) is 4.79 Å². The van der Waals surface area contributed by atoms with E-state index in [0.29, 0.717) is 4.88 Å². The molecule has 6 heteroatoms. The fourth-order valence-electron chi connectivity index (χ4n) is 1.88. The Bertz CT molecular complexity index is 587. The molecule has 96 valence electrons. The van der Waals surface area contributed by atoms with Gasteiger partial charge < -0.3 is 10.3 Å². The summed E-state index contributed by atoms with van der Waals surface area (Å²) in [4.78, 5) is 12.1. The molecular weight excluding hydrogens is 268 g/mol. The highest BCUT2D eigenvalue weighted by atomic mass is 32.2. The van der Waals surface area contributed by atoms with Gasteiger partial charge in [-0.05, 0) is 25.2 Å². The van der Waals surface area contributed by atoms with E-state index in [1.807, 2.05) is 20.1 Å². The Morgan fingerprint density at radius 1 is 1.61 bits per heavy atom. The smallest absolute Gasteiger partial charge is 0.259 e. The van der Waals surface area contributed by atoms with Gasteiger partial charge in [-0.15, -0.1) is 23.1 Å². The number of primary amides is 1. The molecule has 0 atom stereocenters. The van der Waals surface area contributed by atoms with Crippen LogP contribution in [0.3, 0.4) is 0 Å². The molecule has 2 N–H and O–H groups in total. The second kappa shape index (κ2) is 5.16. The Morgan fingerprint density at radius 2 is 2.33 bits per heavy atom. The van der Waals surface area contributed by atoms with E-state index in [1.165, 1.54) is 11.3 Å². The molecule has 0 radical (unpaired) electrons. The largest absolute Gasteiger partial charge is 0.365 e. The van der Waals surface area contributed by atoms with Gasteiger partial charge >= 0.3 is 0 Å². The molecule has 18 heavy (non-hydrogen) atoms. The molecule has 2 rings (SSSR count). The van der Waals surface area contributed by atoms with E-state index in [4.69, 9.17) is 10.3 Å². The standard InChI is InChI=1S/C12H14N2O2S2/c1-4-7-8(9-6(2)5-14-16-9)12(17-3)18-10(7)11(13)15/h5H,4H2,1-3H3,(H2,13,15). The van der Waals surface area contributed by atoms with E-state index < -0.39 is 0 Å². The quantitative estimate of drug-likeness (QED) is 0.875. The maximum atomic E-state index is 11.5. The van der Waals surface area contributed by atoms with Gasteiger partial charge in [-0.1, -0.05) is 12.1 Å². The van der Waals surface area contributed by atoms with Crippen LogP contribution in [0.25, 0.3) is 11.3 Å². The number of thioether (sulfide) groups is 1. The van der Waals surface area contributed by atoms with Gasteiger partial charge in [0.15, 0.2) is 5.76 Å². The molecule has 0 spiro atoms. The monoisotopic (exact) mass is 282 g/mol. The van der Waals surface area contributed by atoms with Crippen LogP contribution in [-0.2, 0) is 6.42 Å². The number of carbonyl (C=O) groups is 1. The molecule has 0 fully saturated rings. The van der Waals surface area contributed by atoms with E-state index >= 15 is 0 Å². The van der Waals surface area contributed by atoms with Crippen molar-refractivity contribution in [1.82, 2.24) is 5.16 Å². The lowest BCUT2D eigenvalue weighted by Gasteiger charge is -2.02. The van der Waals surface area contributed by atoms with Crippen LogP contribution in [0, 0.1) is 6.92 Å². The van der Waals surface area contributed by atoms with Gasteiger partial charge in [0.05, 0.1) is 15.3 Å². The molecule has 4 nitrogen and oxygen atoms in total. The summed E-state index contributed by atoms with van der Waals surface area (Å²) in [5.74, 6) is 0.357. The van der Waals surface area contributed by atoms with Crippen molar-refractivity contribution < 1.29 is 9.32 Å². The maximum absolute atomic E-state index is 11.5. The number of aryl methyl sites for hydroxylation is 1. The van der Waals surface area contributed by atoms with Gasteiger partial charge in [-0.2, -0.15) is 0 Å². The summed E-state index contributed by atoms with van der Waals surface area (Å²) in [6.45, 7) is 3.95. The number of aromatic nitrogens is 1. The minimum atomic E-state index is -0.379. The number of rotatable bonds is 4. The summed E-state index contributed by atoms with van der Waals surface area (Å²) in [6, 6.07) is 0. The minimum absolute atomic E-state index is 0.379. The number of amides is 1. The SMILES string of the molecule is CCc1c(C(N)=O)sc(SC)c1-c1oncc1C. The zero-order valence-corrected chi connectivity index (χ0v) is 12.1. The van der Waals surface area contributed by atoms with Crippen molar-refractivity contribution in [2.24, 2.45) is 5.73 Å². The molecule has 0 aromatic carbocycles. The molecule has 0 saturated carbocycles. The predicted octanol–water partition coefficient (Wildman–Crippen LogP) is 3.09. The predicted molar refractivity (Wildman–Crippen MR) is 74.2 cm³/mol. The van der Waals surface area contributed by atoms with Gasteiger partial charge in [0, 0.05) is 11.1 Å². The summed E-state index contributed by atoms with van der Waals surface area (Å²) in [5, 5.41) is 3.81. The molecule has 1 amide bonds. The van der Waals surface area contributed by atoms with E-state index in [2.05, 4.69) is 5.16 Å². The molecule has 2 aromatic heterocycles. The van der Waals surface area contributed by atoms with Crippen molar-refractivity contribution in [3.05, 3.63) is 22.2 Å². The average molecular weight is 282 g/mol. The third-order valence-electron chi connectivity index (χ3n) is 2.71. The summed E-state index contributed by atoms with van der Waals surface area (Å²) in [6.07, 6.45) is 4.40. The number of thiophene rings is 1. The summed E-state index contributed by atoms with van der Waals surface area (Å²) < 4.78 is 6.36. The minimum Gasteiger partial charge on any atom is -0.365 e. The summed E-state index contributed by atoms with van der Waals surface area (Å²) >= 11 is 3.02. The van der Waals surface area contributed by atoms with Crippen molar-refractivity contribution in [3.8, 4) is 11.3 Å². The Labute approximate surface area is 114 Å². The van der Waals surface area contributed by atoms with Crippen molar-refractivity contribution in [2.45, 2.75) is 24.5 Å². The van der Waals surface area contributed by atoms with Gasteiger partial charge in [0.25, 0.3) is 5.91 Å². The van der Waals surface area contributed by atoms with Crippen LogP contribution in [-0.4, -0.2) is 17.3 Å². The lowest BCUT2D eigenvalue weighted by molar-refractivity contribution is 0.100. The molecule has 0 aliphatic carbocycles. The van der Waals surface area contributed by atoms with Gasteiger partial charge in [0.2, 0.25) is 0 Å². The van der Waals surface area contributed by atoms with Crippen LogP contribution in [0.15, 0.2) is 14.9 Å². The van der Waals surface area contributed by atoms with Gasteiger partial charge in [-0.25, -0.2) is 0 Å². The number of hydrogen-bond donors (Lipinski definition) is 1. The first-order valence-corrected chi connectivity index (χ1v) is 7.55. The third kappa shape index (κ3) is 2.06. The first kappa shape index (κ1) is 13.2. The first-order valence-electron chi connectivity index (χ1n) is 5.51. The van der Waals surface area contributed by atoms with Crippen molar-refractivity contribution in [2.75, 3.05) is 6.26 Å². The normalized spacial score (nSPS) is 10.8. The highest BCUT2D eigenvalue weighted by Crippen LogP contribution is 2.43. The van der Waals surface area contributed by atoms with Gasteiger partial charge in [-0.3, -0.25) is 4.79 Å². The Hall–Kier alpha value is -1.27. The summed E-state index contributed by atoms with van der Waals surface area (Å²) in [7, 11) is 0. The first-order chi connectivity index (χ1) is 8.60. The molecule has 0 aliphatic heterocycles. The third-order valence-corrected chi connectivity index (χ3v) is 5.08. The van der Waals surface area contributed by atoms with E-state index in [0.717, 1.165) is 33.1 Å². The fraction of sp³-hybridized carbons (Fsp3) is 0.333. The van der Waals surface area contributed by atoms with Crippen LogP contribution in [0.4, 0.5) is 0 Å². The number of carbonyl (C=O) groups excluding carboxylic acids is 1. The van der Waals surface area contributed by atoms with Crippen molar-refractivity contribution in [3.63, 3.8) is 0 Å². The number of nitrogens with two attached hydrogens (primary N) is 1. The maximum Gasteiger partial charge on any atom is 0.259 e. The second-order valence-electron chi connectivity index (χ2n) is 3.83. The fourth-order valence-corrected chi connectivity index (χ4v) is 3.86. The highest BCUT2D eigenvalue weighted by molar-refractivity contribution is 8.00. The molecule has 0 bridgehead atoms. The van der Waals surface area contributed by atoms with Crippen LogP contribution in [0.2, 0.25) is 0 Å².